The van der Waals surface area contributed by atoms with Crippen LogP contribution in [0.3, 0.4) is 0 Å². The summed E-state index contributed by atoms with van der Waals surface area (Å²) in [6, 6.07) is 8.87. The average Bonchev–Trinajstić information content (AvgIpc) is 2.63. The Morgan fingerprint density at radius 1 is 0.690 bits per heavy atom. The van der Waals surface area contributed by atoms with Crippen LogP contribution in [-0.2, 0) is 14.1 Å². The Labute approximate surface area is 172 Å². The van der Waals surface area contributed by atoms with E-state index in [9.17, 15) is 8.78 Å². The molecule has 2 heterocycles. The highest BCUT2D eigenvalue weighted by atomic mass is 19.1. The van der Waals surface area contributed by atoms with Gasteiger partial charge in [-0.2, -0.15) is 0 Å². The van der Waals surface area contributed by atoms with Crippen LogP contribution in [0.25, 0.3) is 22.5 Å². The Hall–Kier alpha value is -2.62. The molecule has 0 aliphatic heterocycles. The van der Waals surface area contributed by atoms with Crippen molar-refractivity contribution in [2.45, 2.75) is 46.5 Å². The molecule has 1 aromatic carbocycles. The molecule has 152 valence electrons. The average molecular weight is 397 g/mol. The molecule has 0 saturated heterocycles. The van der Waals surface area contributed by atoms with Crippen molar-refractivity contribution in [3.05, 3.63) is 71.1 Å². The third-order valence-corrected chi connectivity index (χ3v) is 5.64. The summed E-state index contributed by atoms with van der Waals surface area (Å²) < 4.78 is 33.7. The largest absolute Gasteiger partial charge is 0.215 e. The van der Waals surface area contributed by atoms with Crippen LogP contribution in [0.1, 0.15) is 56.2 Å². The van der Waals surface area contributed by atoms with E-state index >= 15 is 0 Å². The molecule has 0 atom stereocenters. The summed E-state index contributed by atoms with van der Waals surface area (Å²) in [7, 11) is 3.81. The molecule has 0 aliphatic rings. The number of hydrogen-bond donors (Lipinski definition) is 0. The third kappa shape index (κ3) is 3.93. The van der Waals surface area contributed by atoms with E-state index in [1.807, 2.05) is 59.9 Å². The minimum atomic E-state index is -0.543. The SMILES string of the molecule is Cc1c(-c2ccc(C(C)C)c[n+]2C)c(F)cc(F)c1-c1ccc(C(C)C)c[n+]1C. The monoisotopic (exact) mass is 396 g/mol. The summed E-state index contributed by atoms with van der Waals surface area (Å²) in [4.78, 5) is 0. The molecule has 0 N–H and O–H groups in total. The van der Waals surface area contributed by atoms with Gasteiger partial charge >= 0.3 is 0 Å². The zero-order valence-electron chi connectivity index (χ0n) is 18.3. The first kappa shape index (κ1) is 21.1. The molecule has 0 saturated carbocycles. The Bertz CT molecular complexity index is 987. The lowest BCUT2D eigenvalue weighted by Crippen LogP contribution is -2.33. The predicted molar refractivity (Wildman–Crippen MR) is 112 cm³/mol. The van der Waals surface area contributed by atoms with Crippen LogP contribution < -0.4 is 9.13 Å². The molecule has 0 fully saturated rings. The van der Waals surface area contributed by atoms with Gasteiger partial charge in [0.2, 0.25) is 11.4 Å². The van der Waals surface area contributed by atoms with Crippen molar-refractivity contribution in [1.29, 1.82) is 0 Å². The molecule has 0 aliphatic carbocycles. The van der Waals surface area contributed by atoms with Gasteiger partial charge in [-0.3, -0.25) is 0 Å². The van der Waals surface area contributed by atoms with Gasteiger partial charge in [0.25, 0.3) is 0 Å². The molecule has 0 radical (unpaired) electrons. The Morgan fingerprint density at radius 3 is 1.38 bits per heavy atom. The van der Waals surface area contributed by atoms with Crippen LogP contribution in [0.15, 0.2) is 42.7 Å². The molecular weight excluding hydrogens is 366 g/mol. The Kier molecular flexibility index (Phi) is 5.83. The second-order valence-corrected chi connectivity index (χ2v) is 8.44. The minimum absolute atomic E-state index is 0.378. The van der Waals surface area contributed by atoms with Gasteiger partial charge in [-0.1, -0.05) is 27.7 Å². The Morgan fingerprint density at radius 2 is 1.07 bits per heavy atom. The van der Waals surface area contributed by atoms with E-state index in [-0.39, 0.29) is 0 Å². The number of nitrogens with zero attached hydrogens (tertiary/aromatic N) is 2. The van der Waals surface area contributed by atoms with E-state index in [0.29, 0.717) is 28.5 Å². The molecule has 2 nitrogen and oxygen atoms in total. The number of benzene rings is 1. The fourth-order valence-corrected chi connectivity index (χ4v) is 3.83. The molecule has 0 bridgehead atoms. The first-order valence-electron chi connectivity index (χ1n) is 10.1. The van der Waals surface area contributed by atoms with Crippen molar-refractivity contribution < 1.29 is 17.9 Å². The fourth-order valence-electron chi connectivity index (χ4n) is 3.83. The maximum atomic E-state index is 14.9. The van der Waals surface area contributed by atoms with Crippen LogP contribution in [0.5, 0.6) is 0 Å². The lowest BCUT2D eigenvalue weighted by Gasteiger charge is -2.13. The zero-order valence-corrected chi connectivity index (χ0v) is 18.3. The highest BCUT2D eigenvalue weighted by Crippen LogP contribution is 2.34. The molecule has 0 spiro atoms. The lowest BCUT2D eigenvalue weighted by molar-refractivity contribution is -0.661. The number of rotatable bonds is 4. The van der Waals surface area contributed by atoms with Gasteiger partial charge < -0.3 is 0 Å². The highest BCUT2D eigenvalue weighted by molar-refractivity contribution is 5.74. The summed E-state index contributed by atoms with van der Waals surface area (Å²) >= 11 is 0. The van der Waals surface area contributed by atoms with Gasteiger partial charge in [0.05, 0.1) is 11.1 Å². The molecule has 29 heavy (non-hydrogen) atoms. The van der Waals surface area contributed by atoms with Crippen molar-refractivity contribution in [3.63, 3.8) is 0 Å². The van der Waals surface area contributed by atoms with Gasteiger partial charge in [0.15, 0.2) is 12.4 Å². The number of aromatic nitrogens is 2. The van der Waals surface area contributed by atoms with E-state index in [1.54, 1.807) is 6.92 Å². The predicted octanol–water partition coefficient (Wildman–Crippen LogP) is 5.50. The van der Waals surface area contributed by atoms with Gasteiger partial charge in [-0.05, 0) is 36.5 Å². The fraction of sp³-hybridized carbons (Fsp3) is 0.360. The van der Waals surface area contributed by atoms with Crippen LogP contribution in [0.2, 0.25) is 0 Å². The molecule has 0 amide bonds. The van der Waals surface area contributed by atoms with Crippen molar-refractivity contribution in [3.8, 4) is 22.5 Å². The van der Waals surface area contributed by atoms with Crippen molar-refractivity contribution >= 4 is 0 Å². The van der Waals surface area contributed by atoms with Crippen molar-refractivity contribution in [2.75, 3.05) is 0 Å². The first-order chi connectivity index (χ1) is 13.6. The van der Waals surface area contributed by atoms with Crippen LogP contribution in [0, 0.1) is 18.6 Å². The molecule has 0 unspecified atom stereocenters. The quantitative estimate of drug-likeness (QED) is 0.514. The molecule has 3 rings (SSSR count). The minimum Gasteiger partial charge on any atom is -0.206 e. The molecule has 3 aromatic rings. The molecule has 4 heteroatoms. The summed E-state index contributed by atoms with van der Waals surface area (Å²) in [6.07, 6.45) is 4.03. The van der Waals surface area contributed by atoms with E-state index in [0.717, 1.165) is 17.5 Å². The first-order valence-corrected chi connectivity index (χ1v) is 10.1. The van der Waals surface area contributed by atoms with E-state index in [1.165, 1.54) is 11.1 Å². The van der Waals surface area contributed by atoms with Crippen LogP contribution in [-0.4, -0.2) is 0 Å². The normalized spacial score (nSPS) is 11.6. The van der Waals surface area contributed by atoms with Gasteiger partial charge in [0, 0.05) is 29.3 Å². The lowest BCUT2D eigenvalue weighted by atomic mass is 9.94. The van der Waals surface area contributed by atoms with Crippen molar-refractivity contribution in [1.82, 2.24) is 0 Å². The smallest absolute Gasteiger partial charge is 0.206 e. The maximum absolute atomic E-state index is 14.9. The topological polar surface area (TPSA) is 7.76 Å². The van der Waals surface area contributed by atoms with Gasteiger partial charge in [0.1, 0.15) is 25.7 Å². The highest BCUT2D eigenvalue weighted by Gasteiger charge is 2.27. The van der Waals surface area contributed by atoms with Crippen molar-refractivity contribution in [2.24, 2.45) is 14.1 Å². The third-order valence-electron chi connectivity index (χ3n) is 5.64. The summed E-state index contributed by atoms with van der Waals surface area (Å²) in [5, 5.41) is 0. The van der Waals surface area contributed by atoms with Gasteiger partial charge in [-0.25, -0.2) is 17.9 Å². The Balaban J connectivity index is 2.23. The summed E-state index contributed by atoms with van der Waals surface area (Å²) in [5.41, 5.74) is 5.28. The summed E-state index contributed by atoms with van der Waals surface area (Å²) in [6.45, 7) is 10.3. The number of pyridine rings is 2. The molecule has 2 aromatic heterocycles. The summed E-state index contributed by atoms with van der Waals surface area (Å²) in [5.74, 6) is -0.330. The number of halogens is 2. The van der Waals surface area contributed by atoms with E-state index in [4.69, 9.17) is 0 Å². The second-order valence-electron chi connectivity index (χ2n) is 8.44. The zero-order chi connectivity index (χ0) is 21.5. The van der Waals surface area contributed by atoms with Crippen LogP contribution in [0.4, 0.5) is 8.78 Å². The second kappa shape index (κ2) is 8.02. The van der Waals surface area contributed by atoms with Crippen LogP contribution >= 0.6 is 0 Å². The standard InChI is InChI=1S/C25H30F2N2/c1-15(2)18-8-10-22(28(6)13-18)24-17(5)25(21(27)12-20(24)26)23-11-9-19(16(3)4)14-29(23)7/h8-16H,1-7H3/q+2. The van der Waals surface area contributed by atoms with E-state index < -0.39 is 11.6 Å². The maximum Gasteiger partial charge on any atom is 0.215 e. The molecular formula is C25H30F2N2+2. The van der Waals surface area contributed by atoms with Gasteiger partial charge in [-0.15, -0.1) is 0 Å². The number of aryl methyl sites for hydroxylation is 2. The van der Waals surface area contributed by atoms with E-state index in [2.05, 4.69) is 27.7 Å². The number of hydrogen-bond acceptors (Lipinski definition) is 0.